The van der Waals surface area contributed by atoms with E-state index in [0.29, 0.717) is 12.5 Å². The number of halogens is 1. The van der Waals surface area contributed by atoms with Crippen LogP contribution in [0.4, 0.5) is 0 Å². The maximum absolute atomic E-state index is 6.21. The van der Waals surface area contributed by atoms with Crippen molar-refractivity contribution in [2.75, 3.05) is 14.2 Å². The molecule has 22 heavy (non-hydrogen) atoms. The van der Waals surface area contributed by atoms with Gasteiger partial charge in [-0.25, -0.2) is 5.43 Å². The molecule has 5 nitrogen and oxygen atoms in total. The van der Waals surface area contributed by atoms with Gasteiger partial charge in [-0.2, -0.15) is 0 Å². The van der Waals surface area contributed by atoms with Crippen LogP contribution < -0.4 is 20.3 Å². The zero-order valence-corrected chi connectivity index (χ0v) is 14.1. The monoisotopic (exact) mass is 323 g/mol. The number of methoxy groups -OCH3 is 2. The molecule has 1 atom stereocenters. The van der Waals surface area contributed by atoms with Crippen molar-refractivity contribution in [3.63, 3.8) is 0 Å². The Morgan fingerprint density at radius 2 is 2.05 bits per heavy atom. The second-order valence-corrected chi connectivity index (χ2v) is 5.75. The standard InChI is InChI=1S/C16H22ClN3O2/c1-10(2)13-8-15(19-20-16(13)17)18-9-11-5-6-12(21-3)7-14(11)22-4/h5-8,10,16,20H,9H2,1-4H3,(H,18,19). The summed E-state index contributed by atoms with van der Waals surface area (Å²) in [6, 6.07) is 5.70. The first kappa shape index (κ1) is 16.6. The van der Waals surface area contributed by atoms with Gasteiger partial charge in [0.25, 0.3) is 0 Å². The molecule has 0 aliphatic carbocycles. The fourth-order valence-corrected chi connectivity index (χ4v) is 2.55. The summed E-state index contributed by atoms with van der Waals surface area (Å²) in [7, 11) is 3.27. The molecule has 0 bridgehead atoms. The van der Waals surface area contributed by atoms with Crippen molar-refractivity contribution in [2.24, 2.45) is 10.9 Å². The molecule has 0 amide bonds. The predicted octanol–water partition coefficient (Wildman–Crippen LogP) is 2.86. The van der Waals surface area contributed by atoms with Gasteiger partial charge in [-0.15, -0.1) is 0 Å². The molecular formula is C16H22ClN3O2. The zero-order chi connectivity index (χ0) is 16.1. The Morgan fingerprint density at radius 1 is 1.27 bits per heavy atom. The zero-order valence-electron chi connectivity index (χ0n) is 13.3. The van der Waals surface area contributed by atoms with Gasteiger partial charge < -0.3 is 14.9 Å². The molecule has 1 aromatic rings. The number of nitrogens with zero attached hydrogens (tertiary/aromatic N) is 1. The molecule has 1 heterocycles. The van der Waals surface area contributed by atoms with E-state index in [-0.39, 0.29) is 5.50 Å². The highest BCUT2D eigenvalue weighted by Gasteiger charge is 2.19. The van der Waals surface area contributed by atoms with Crippen LogP contribution in [0.25, 0.3) is 0 Å². The van der Waals surface area contributed by atoms with Crippen LogP contribution in [-0.2, 0) is 6.54 Å². The summed E-state index contributed by atoms with van der Waals surface area (Å²) in [6.45, 7) is 4.72. The highest BCUT2D eigenvalue weighted by atomic mass is 35.5. The van der Waals surface area contributed by atoms with E-state index in [0.717, 1.165) is 28.5 Å². The number of hydrazine groups is 1. The van der Waals surface area contributed by atoms with Crippen LogP contribution in [0.5, 0.6) is 11.5 Å². The second kappa shape index (κ2) is 7.51. The lowest BCUT2D eigenvalue weighted by Gasteiger charge is -2.25. The normalized spacial score (nSPS) is 19.8. The van der Waals surface area contributed by atoms with E-state index >= 15 is 0 Å². The summed E-state index contributed by atoms with van der Waals surface area (Å²) < 4.78 is 10.6. The maximum Gasteiger partial charge on any atom is 0.135 e. The average Bonchev–Trinajstić information content (AvgIpc) is 2.53. The Bertz CT molecular complexity index is 585. The molecule has 0 saturated carbocycles. The summed E-state index contributed by atoms with van der Waals surface area (Å²) in [5, 5.41) is 0. The number of rotatable bonds is 5. The molecule has 2 rings (SSSR count). The first-order chi connectivity index (χ1) is 10.5. The van der Waals surface area contributed by atoms with Crippen molar-refractivity contribution in [2.45, 2.75) is 25.9 Å². The van der Waals surface area contributed by atoms with Crippen molar-refractivity contribution in [1.82, 2.24) is 10.9 Å². The molecule has 1 aliphatic heterocycles. The van der Waals surface area contributed by atoms with Crippen LogP contribution in [0.1, 0.15) is 19.4 Å². The molecule has 0 saturated heterocycles. The van der Waals surface area contributed by atoms with E-state index in [2.05, 4.69) is 29.7 Å². The number of hydrogen-bond donors (Lipinski definition) is 2. The number of amidine groups is 1. The molecule has 0 fully saturated rings. The maximum atomic E-state index is 6.21. The number of ether oxygens (including phenoxy) is 2. The summed E-state index contributed by atoms with van der Waals surface area (Å²) in [6.07, 6.45) is 1.99. The summed E-state index contributed by atoms with van der Waals surface area (Å²) in [5.74, 6) is 2.64. The lowest BCUT2D eigenvalue weighted by molar-refractivity contribution is 0.391. The fourth-order valence-electron chi connectivity index (χ4n) is 2.19. The fraction of sp³-hybridized carbons (Fsp3) is 0.438. The van der Waals surface area contributed by atoms with Crippen LogP contribution in [-0.4, -0.2) is 25.6 Å². The van der Waals surface area contributed by atoms with E-state index in [1.807, 2.05) is 24.3 Å². The van der Waals surface area contributed by atoms with Crippen LogP contribution in [0.15, 0.2) is 34.8 Å². The molecule has 2 N–H and O–H groups in total. The molecule has 1 aromatic carbocycles. The van der Waals surface area contributed by atoms with Gasteiger partial charge in [0.15, 0.2) is 0 Å². The van der Waals surface area contributed by atoms with Crippen molar-refractivity contribution in [1.29, 1.82) is 0 Å². The number of aliphatic imine (C=N–C) groups is 1. The van der Waals surface area contributed by atoms with E-state index in [1.165, 1.54) is 0 Å². The first-order valence-corrected chi connectivity index (χ1v) is 7.61. The quantitative estimate of drug-likeness (QED) is 0.646. The number of hydrogen-bond acceptors (Lipinski definition) is 4. The number of benzene rings is 1. The minimum atomic E-state index is -0.213. The van der Waals surface area contributed by atoms with Gasteiger partial charge in [0, 0.05) is 11.6 Å². The third-order valence-electron chi connectivity index (χ3n) is 3.50. The van der Waals surface area contributed by atoms with Gasteiger partial charge in [0.1, 0.15) is 22.8 Å². The van der Waals surface area contributed by atoms with Gasteiger partial charge >= 0.3 is 0 Å². The highest BCUT2D eigenvalue weighted by molar-refractivity contribution is 6.23. The van der Waals surface area contributed by atoms with Gasteiger partial charge in [-0.05, 0) is 29.7 Å². The minimum absolute atomic E-state index is 0.213. The topological polar surface area (TPSA) is 54.9 Å². The third kappa shape index (κ3) is 3.93. The molecule has 120 valence electrons. The van der Waals surface area contributed by atoms with Crippen molar-refractivity contribution < 1.29 is 9.47 Å². The first-order valence-electron chi connectivity index (χ1n) is 7.17. The van der Waals surface area contributed by atoms with Crippen molar-refractivity contribution >= 4 is 17.4 Å². The lowest BCUT2D eigenvalue weighted by atomic mass is 10.0. The second-order valence-electron chi connectivity index (χ2n) is 5.31. The SMILES string of the molecule is COc1ccc(CN=C2C=C(C(C)C)C(Cl)NN2)c(OC)c1. The van der Waals surface area contributed by atoms with Gasteiger partial charge in [0.05, 0.1) is 20.8 Å². The highest BCUT2D eigenvalue weighted by Crippen LogP contribution is 2.25. The van der Waals surface area contributed by atoms with E-state index in [4.69, 9.17) is 21.1 Å². The number of nitrogens with one attached hydrogen (secondary N) is 2. The Hall–Kier alpha value is -1.72. The van der Waals surface area contributed by atoms with Crippen LogP contribution in [0.3, 0.4) is 0 Å². The molecule has 1 unspecified atom stereocenters. The summed E-state index contributed by atoms with van der Waals surface area (Å²) >= 11 is 6.21. The average molecular weight is 324 g/mol. The Labute approximate surface area is 136 Å². The molecular weight excluding hydrogens is 302 g/mol. The minimum Gasteiger partial charge on any atom is -0.497 e. The third-order valence-corrected chi connectivity index (χ3v) is 3.86. The molecule has 0 spiro atoms. The Morgan fingerprint density at radius 3 is 2.68 bits per heavy atom. The largest absolute Gasteiger partial charge is 0.497 e. The van der Waals surface area contributed by atoms with E-state index in [9.17, 15) is 0 Å². The molecule has 0 radical (unpaired) electrons. The van der Waals surface area contributed by atoms with E-state index in [1.54, 1.807) is 14.2 Å². The van der Waals surface area contributed by atoms with Crippen molar-refractivity contribution in [3.8, 4) is 11.5 Å². The summed E-state index contributed by atoms with van der Waals surface area (Å²) in [5.41, 5.74) is 7.91. The molecule has 0 aromatic heterocycles. The van der Waals surface area contributed by atoms with Gasteiger partial charge in [0.2, 0.25) is 0 Å². The summed E-state index contributed by atoms with van der Waals surface area (Å²) in [4.78, 5) is 4.57. The molecule has 6 heteroatoms. The van der Waals surface area contributed by atoms with Crippen molar-refractivity contribution in [3.05, 3.63) is 35.4 Å². The molecule has 1 aliphatic rings. The smallest absolute Gasteiger partial charge is 0.135 e. The van der Waals surface area contributed by atoms with Gasteiger partial charge in [-0.3, -0.25) is 4.99 Å². The lowest BCUT2D eigenvalue weighted by Crippen LogP contribution is -2.47. The van der Waals surface area contributed by atoms with Crippen LogP contribution in [0, 0.1) is 5.92 Å². The van der Waals surface area contributed by atoms with E-state index < -0.39 is 0 Å². The number of alkyl halides is 1. The Balaban J connectivity index is 2.18. The Kier molecular flexibility index (Phi) is 5.69. The predicted molar refractivity (Wildman–Crippen MR) is 89.5 cm³/mol. The van der Waals surface area contributed by atoms with Crippen LogP contribution >= 0.6 is 11.6 Å². The van der Waals surface area contributed by atoms with Gasteiger partial charge in [-0.1, -0.05) is 25.4 Å². The van der Waals surface area contributed by atoms with Crippen LogP contribution in [0.2, 0.25) is 0 Å².